The van der Waals surface area contributed by atoms with Gasteiger partial charge in [0.2, 0.25) is 0 Å². The molecule has 0 spiro atoms. The summed E-state index contributed by atoms with van der Waals surface area (Å²) in [5, 5.41) is 8.36. The van der Waals surface area contributed by atoms with Crippen LogP contribution >= 0.6 is 0 Å². The van der Waals surface area contributed by atoms with Crippen molar-refractivity contribution in [3.8, 4) is 0 Å². The molecule has 0 heterocycles. The molecule has 1 N–H and O–H groups in total. The van der Waals surface area contributed by atoms with Crippen LogP contribution in [0.2, 0.25) is 0 Å². The summed E-state index contributed by atoms with van der Waals surface area (Å²) < 4.78 is 4.35. The van der Waals surface area contributed by atoms with Gasteiger partial charge in [-0.15, -0.1) is 0 Å². The zero-order chi connectivity index (χ0) is 7.72. The van der Waals surface area contributed by atoms with Gasteiger partial charge < -0.3 is 9.84 Å². The van der Waals surface area contributed by atoms with Gasteiger partial charge in [0.05, 0.1) is 18.9 Å². The molecule has 1 aliphatic rings. The molecule has 1 aliphatic carbocycles. The Bertz CT molecular complexity index is 175. The minimum Gasteiger partial charge on any atom is -0.481 e. The van der Waals surface area contributed by atoms with Crippen molar-refractivity contribution >= 4 is 11.9 Å². The van der Waals surface area contributed by atoms with E-state index >= 15 is 0 Å². The van der Waals surface area contributed by atoms with Crippen LogP contribution < -0.4 is 0 Å². The van der Waals surface area contributed by atoms with E-state index in [9.17, 15) is 9.59 Å². The number of rotatable bonds is 2. The number of hydrogen-bond donors (Lipinski definition) is 1. The highest BCUT2D eigenvalue weighted by molar-refractivity contribution is 5.86. The number of aliphatic carboxylic acids is 1. The fourth-order valence-corrected chi connectivity index (χ4v) is 0.880. The highest BCUT2D eigenvalue weighted by Gasteiger charge is 2.49. The van der Waals surface area contributed by atoms with Crippen molar-refractivity contribution in [2.24, 2.45) is 11.8 Å². The van der Waals surface area contributed by atoms with E-state index in [2.05, 4.69) is 4.74 Å². The second-order valence-corrected chi connectivity index (χ2v) is 2.31. The van der Waals surface area contributed by atoms with E-state index < -0.39 is 17.9 Å². The van der Waals surface area contributed by atoms with Crippen LogP contribution in [0.1, 0.15) is 6.42 Å². The third-order valence-electron chi connectivity index (χ3n) is 1.61. The maximum atomic E-state index is 10.6. The topological polar surface area (TPSA) is 63.6 Å². The first-order valence-electron chi connectivity index (χ1n) is 2.97. The second kappa shape index (κ2) is 2.28. The summed E-state index contributed by atoms with van der Waals surface area (Å²) in [5.74, 6) is -2.20. The van der Waals surface area contributed by atoms with E-state index in [1.165, 1.54) is 7.11 Å². The number of carboxylic acids is 1. The molecule has 1 fully saturated rings. The molecule has 0 amide bonds. The van der Waals surface area contributed by atoms with Gasteiger partial charge >= 0.3 is 11.9 Å². The Hall–Kier alpha value is -1.06. The van der Waals surface area contributed by atoms with E-state index in [4.69, 9.17) is 5.11 Å². The van der Waals surface area contributed by atoms with Crippen LogP contribution in [-0.4, -0.2) is 24.2 Å². The SMILES string of the molecule is COC(=O)[C@H]1C[C@H]1C(=O)O. The number of methoxy groups -OCH3 is 1. The lowest BCUT2D eigenvalue weighted by Gasteiger charge is -1.92. The maximum Gasteiger partial charge on any atom is 0.309 e. The Morgan fingerprint density at radius 2 is 2.10 bits per heavy atom. The van der Waals surface area contributed by atoms with Crippen LogP contribution in [0.25, 0.3) is 0 Å². The molecule has 0 aromatic heterocycles. The normalized spacial score (nSPS) is 29.3. The van der Waals surface area contributed by atoms with Gasteiger partial charge in [-0.05, 0) is 6.42 Å². The first-order valence-corrected chi connectivity index (χ1v) is 2.97. The number of hydrogen-bond acceptors (Lipinski definition) is 3. The van der Waals surface area contributed by atoms with Gasteiger partial charge in [-0.3, -0.25) is 9.59 Å². The molecule has 4 heteroatoms. The number of ether oxygens (including phenoxy) is 1. The monoisotopic (exact) mass is 144 g/mol. The van der Waals surface area contributed by atoms with Crippen molar-refractivity contribution < 1.29 is 19.4 Å². The molecular weight excluding hydrogens is 136 g/mol. The van der Waals surface area contributed by atoms with E-state index in [0.717, 1.165) is 0 Å². The van der Waals surface area contributed by atoms with Crippen molar-refractivity contribution in [1.29, 1.82) is 0 Å². The minimum absolute atomic E-state index is 0.387. The molecule has 0 unspecified atom stereocenters. The van der Waals surface area contributed by atoms with Crippen molar-refractivity contribution in [1.82, 2.24) is 0 Å². The Balaban J connectivity index is 2.38. The standard InChI is InChI=1S/C6H8O4/c1-10-6(9)4-2-3(4)5(7)8/h3-4H,2H2,1H3,(H,7,8)/t3-,4+/m1/s1. The third-order valence-corrected chi connectivity index (χ3v) is 1.61. The van der Waals surface area contributed by atoms with Gasteiger partial charge in [0, 0.05) is 0 Å². The molecule has 2 atom stereocenters. The van der Waals surface area contributed by atoms with Crippen LogP contribution in [0.5, 0.6) is 0 Å². The van der Waals surface area contributed by atoms with Gasteiger partial charge in [-0.2, -0.15) is 0 Å². The zero-order valence-corrected chi connectivity index (χ0v) is 5.53. The summed E-state index contributed by atoms with van der Waals surface area (Å²) in [7, 11) is 1.26. The first kappa shape index (κ1) is 7.05. The average Bonchev–Trinajstić information content (AvgIpc) is 2.64. The highest BCUT2D eigenvalue weighted by Crippen LogP contribution is 2.39. The minimum atomic E-state index is -0.907. The summed E-state index contributed by atoms with van der Waals surface area (Å²) in [5.41, 5.74) is 0. The predicted octanol–water partition coefficient (Wildman–Crippen LogP) is -0.120. The molecule has 0 aromatic carbocycles. The Kier molecular flexibility index (Phi) is 1.61. The Labute approximate surface area is 57.8 Å². The molecule has 1 rings (SSSR count). The fourth-order valence-electron chi connectivity index (χ4n) is 0.880. The molecule has 10 heavy (non-hydrogen) atoms. The first-order chi connectivity index (χ1) is 4.66. The van der Waals surface area contributed by atoms with Crippen LogP contribution in [-0.2, 0) is 14.3 Å². The summed E-state index contributed by atoms with van der Waals surface area (Å²) in [4.78, 5) is 20.8. The number of carbonyl (C=O) groups is 2. The van der Waals surface area contributed by atoms with Crippen LogP contribution in [0, 0.1) is 11.8 Å². The van der Waals surface area contributed by atoms with E-state index in [0.29, 0.717) is 6.42 Å². The second-order valence-electron chi connectivity index (χ2n) is 2.31. The highest BCUT2D eigenvalue weighted by atomic mass is 16.5. The van der Waals surface area contributed by atoms with Crippen molar-refractivity contribution in [2.45, 2.75) is 6.42 Å². The lowest BCUT2D eigenvalue weighted by atomic mass is 10.3. The van der Waals surface area contributed by atoms with Gasteiger partial charge in [-0.25, -0.2) is 0 Å². The molecule has 0 aliphatic heterocycles. The van der Waals surface area contributed by atoms with Gasteiger partial charge in [0.1, 0.15) is 0 Å². The molecule has 0 saturated heterocycles. The Morgan fingerprint density at radius 3 is 2.40 bits per heavy atom. The van der Waals surface area contributed by atoms with Gasteiger partial charge in [-0.1, -0.05) is 0 Å². The molecule has 4 nitrogen and oxygen atoms in total. The van der Waals surface area contributed by atoms with Crippen molar-refractivity contribution in [3.63, 3.8) is 0 Å². The van der Waals surface area contributed by atoms with E-state index in [-0.39, 0.29) is 5.92 Å². The summed E-state index contributed by atoms with van der Waals surface area (Å²) in [6.07, 6.45) is 0.433. The molecule has 56 valence electrons. The Morgan fingerprint density at radius 1 is 1.50 bits per heavy atom. The fraction of sp³-hybridized carbons (Fsp3) is 0.667. The lowest BCUT2D eigenvalue weighted by molar-refractivity contribution is -0.146. The lowest BCUT2D eigenvalue weighted by Crippen LogP contribution is -2.08. The number of carboxylic acid groups (broad SMARTS) is 1. The van der Waals surface area contributed by atoms with Crippen molar-refractivity contribution in [3.05, 3.63) is 0 Å². The van der Waals surface area contributed by atoms with E-state index in [1.807, 2.05) is 0 Å². The predicted molar refractivity (Wildman–Crippen MR) is 31.2 cm³/mol. The smallest absolute Gasteiger partial charge is 0.309 e. The molecule has 1 saturated carbocycles. The quantitative estimate of drug-likeness (QED) is 0.549. The van der Waals surface area contributed by atoms with E-state index in [1.54, 1.807) is 0 Å². The molecule has 0 bridgehead atoms. The molecule has 0 radical (unpaired) electrons. The zero-order valence-electron chi connectivity index (χ0n) is 5.53. The van der Waals surface area contributed by atoms with Crippen molar-refractivity contribution in [2.75, 3.05) is 7.11 Å². The number of carbonyl (C=O) groups excluding carboxylic acids is 1. The van der Waals surface area contributed by atoms with Gasteiger partial charge in [0.15, 0.2) is 0 Å². The summed E-state index contributed by atoms with van der Waals surface area (Å²) in [6, 6.07) is 0. The third kappa shape index (κ3) is 1.10. The van der Waals surface area contributed by atoms with Crippen LogP contribution in [0.15, 0.2) is 0 Å². The van der Waals surface area contributed by atoms with Gasteiger partial charge in [0.25, 0.3) is 0 Å². The molecule has 0 aromatic rings. The summed E-state index contributed by atoms with van der Waals surface area (Å²) >= 11 is 0. The summed E-state index contributed by atoms with van der Waals surface area (Å²) in [6.45, 7) is 0. The van der Waals surface area contributed by atoms with Crippen LogP contribution in [0.4, 0.5) is 0 Å². The van der Waals surface area contributed by atoms with Crippen LogP contribution in [0.3, 0.4) is 0 Å². The maximum absolute atomic E-state index is 10.6. The molecular formula is C6H8O4. The largest absolute Gasteiger partial charge is 0.481 e. The average molecular weight is 144 g/mol. The number of esters is 1.